The van der Waals surface area contributed by atoms with E-state index in [0.29, 0.717) is 0 Å². The number of rotatable bonds is 2. The van der Waals surface area contributed by atoms with Gasteiger partial charge >= 0.3 is 5.69 Å². The number of nitrogens with one attached hydrogen (secondary N) is 1. The van der Waals surface area contributed by atoms with Gasteiger partial charge in [-0.1, -0.05) is 0 Å². The molecule has 3 atom stereocenters. The third-order valence-electron chi connectivity index (χ3n) is 2.55. The van der Waals surface area contributed by atoms with Gasteiger partial charge in [0.25, 0.3) is 5.56 Å². The number of hydrogen-bond acceptors (Lipinski definition) is 5. The summed E-state index contributed by atoms with van der Waals surface area (Å²) in [4.78, 5) is 24.3. The van der Waals surface area contributed by atoms with Gasteiger partial charge in [0.15, 0.2) is 0 Å². The number of aromatic amines is 1. The molecule has 7 nitrogen and oxygen atoms in total. The minimum atomic E-state index is -0.811. The van der Waals surface area contributed by atoms with Crippen molar-refractivity contribution in [3.05, 3.63) is 33.1 Å². The highest BCUT2D eigenvalue weighted by atomic mass is 16.5. The summed E-state index contributed by atoms with van der Waals surface area (Å²) >= 11 is 0. The fourth-order valence-electron chi connectivity index (χ4n) is 1.70. The van der Waals surface area contributed by atoms with Crippen LogP contribution in [0.5, 0.6) is 0 Å². The van der Waals surface area contributed by atoms with E-state index < -0.39 is 29.7 Å². The summed E-state index contributed by atoms with van der Waals surface area (Å²) in [5.41, 5.74) is -1.08. The molecule has 1 fully saturated rings. The van der Waals surface area contributed by atoms with Crippen LogP contribution in [0.15, 0.2) is 21.9 Å². The highest BCUT2D eigenvalue weighted by Crippen LogP contribution is 2.26. The van der Waals surface area contributed by atoms with Crippen molar-refractivity contribution in [2.45, 2.75) is 24.9 Å². The van der Waals surface area contributed by atoms with Gasteiger partial charge in [-0.25, -0.2) is 4.79 Å². The number of H-pyrrole nitrogens is 1. The number of nitrogens with zero attached hydrogens (tertiary/aromatic N) is 1. The maximum absolute atomic E-state index is 11.4. The number of aliphatic hydroxyl groups is 2. The van der Waals surface area contributed by atoms with Crippen LogP contribution in [-0.4, -0.2) is 38.6 Å². The van der Waals surface area contributed by atoms with Crippen molar-refractivity contribution in [1.29, 1.82) is 0 Å². The van der Waals surface area contributed by atoms with Gasteiger partial charge in [0, 0.05) is 21.7 Å². The Labute approximate surface area is 93.0 Å². The summed E-state index contributed by atoms with van der Waals surface area (Å²) in [7, 11) is 0. The second kappa shape index (κ2) is 4.20. The third-order valence-corrected chi connectivity index (χ3v) is 2.55. The first-order valence-corrected chi connectivity index (χ1v) is 4.87. The van der Waals surface area contributed by atoms with Gasteiger partial charge in [0.05, 0.1) is 12.7 Å². The molecule has 1 aliphatic heterocycles. The predicted octanol–water partition coefficient (Wildman–Crippen LogP) is -1.58. The first kappa shape index (κ1) is 9.76. The lowest BCUT2D eigenvalue weighted by molar-refractivity contribution is -0.0459. The molecule has 7 heteroatoms. The van der Waals surface area contributed by atoms with Crippen molar-refractivity contribution in [2.75, 3.05) is 6.61 Å². The maximum atomic E-state index is 11.4. The molecule has 0 radical (unpaired) electrons. The number of hydrogen-bond donors (Lipinski definition) is 3. The summed E-state index contributed by atoms with van der Waals surface area (Å²) in [6, 6.07) is 1.20. The summed E-state index contributed by atoms with van der Waals surface area (Å²) in [5.74, 6) is 0. The van der Waals surface area contributed by atoms with E-state index in [1.807, 2.05) is 0 Å². The molecule has 2 heterocycles. The minimum absolute atomic E-state index is 0.206. The lowest BCUT2D eigenvalue weighted by Crippen LogP contribution is -2.31. The van der Waals surface area contributed by atoms with Crippen LogP contribution in [0.4, 0.5) is 0 Å². The Balaban J connectivity index is 0.000000771. The summed E-state index contributed by atoms with van der Waals surface area (Å²) in [5, 5.41) is 18.4. The van der Waals surface area contributed by atoms with Crippen LogP contribution in [0.25, 0.3) is 0 Å². The second-order valence-electron chi connectivity index (χ2n) is 3.63. The van der Waals surface area contributed by atoms with Crippen LogP contribution in [0.2, 0.25) is 0 Å². The standard InChI is InChI=1S/C9H12N2O5.H2/c12-4-6-5(13)3-8(16-6)11-2-1-7(14)10-9(11)15;/h1-2,5-6,8,12-13H,3-4H2,(H,10,14,15);1H/t5-,6+,8+;/m0./s1/i;1+2T. The van der Waals surface area contributed by atoms with Crippen molar-refractivity contribution in [1.82, 2.24) is 9.55 Å². The van der Waals surface area contributed by atoms with Crippen molar-refractivity contribution in [2.24, 2.45) is 0 Å². The SMILES string of the molecule is O=c1ccn([C@H]2C[C@H](O)[C@@H](CO)O2)c(=O)[nH]1.[3H][3H]. The van der Waals surface area contributed by atoms with E-state index in [0.717, 1.165) is 0 Å². The van der Waals surface area contributed by atoms with E-state index in [9.17, 15) is 14.7 Å². The zero-order valence-electron chi connectivity index (χ0n) is 10.4. The summed E-state index contributed by atoms with van der Waals surface area (Å²) in [6.07, 6.45) is -0.649. The normalized spacial score (nSPS) is 30.0. The summed E-state index contributed by atoms with van der Waals surface area (Å²) < 4.78 is 16.5. The molecule has 1 aromatic rings. The molecule has 0 aliphatic carbocycles. The van der Waals surface area contributed by atoms with E-state index in [-0.39, 0.29) is 13.0 Å². The zero-order chi connectivity index (χ0) is 13.7. The van der Waals surface area contributed by atoms with E-state index >= 15 is 0 Å². The first-order chi connectivity index (χ1) is 8.61. The van der Waals surface area contributed by atoms with Crippen LogP contribution in [-0.2, 0) is 4.74 Å². The van der Waals surface area contributed by atoms with Gasteiger partial charge in [0.1, 0.15) is 12.3 Å². The molecule has 0 unspecified atom stereocenters. The quantitative estimate of drug-likeness (QED) is 0.573. The molecule has 0 spiro atoms. The largest absolute Gasteiger partial charge is 0.394 e. The van der Waals surface area contributed by atoms with Gasteiger partial charge in [-0.15, -0.1) is 0 Å². The third kappa shape index (κ3) is 1.92. The van der Waals surface area contributed by atoms with Crippen molar-refractivity contribution < 1.29 is 17.9 Å². The molecule has 0 aromatic carbocycles. The topological polar surface area (TPSA) is 105 Å². The molecule has 0 saturated carbocycles. The van der Waals surface area contributed by atoms with E-state index in [4.69, 9.17) is 12.8 Å². The Morgan fingerprint density at radius 2 is 2.44 bits per heavy atom. The fraction of sp³-hybridized carbons (Fsp3) is 0.556. The van der Waals surface area contributed by atoms with E-state index in [2.05, 4.69) is 4.98 Å². The molecular weight excluding hydrogens is 216 g/mol. The lowest BCUT2D eigenvalue weighted by Gasteiger charge is -2.13. The molecule has 0 amide bonds. The van der Waals surface area contributed by atoms with Crippen LogP contribution in [0.3, 0.4) is 0 Å². The van der Waals surface area contributed by atoms with Crippen molar-refractivity contribution in [3.63, 3.8) is 0 Å². The monoisotopic (exact) mass is 234 g/mol. The van der Waals surface area contributed by atoms with Crippen LogP contribution in [0, 0.1) is 0 Å². The molecule has 0 bridgehead atoms. The molecule has 16 heavy (non-hydrogen) atoms. The van der Waals surface area contributed by atoms with E-state index in [1.165, 1.54) is 16.8 Å². The molecule has 1 saturated heterocycles. The first-order valence-electron chi connectivity index (χ1n) is 5.87. The molecule has 1 aromatic heterocycles. The average molecular weight is 234 g/mol. The van der Waals surface area contributed by atoms with E-state index in [1.54, 1.807) is 0 Å². The van der Waals surface area contributed by atoms with Gasteiger partial charge in [-0.3, -0.25) is 14.3 Å². The number of aliphatic hydroxyl groups excluding tert-OH is 2. The van der Waals surface area contributed by atoms with Crippen LogP contribution < -0.4 is 11.2 Å². The average Bonchev–Trinajstić information content (AvgIpc) is 2.73. The fourth-order valence-corrected chi connectivity index (χ4v) is 1.70. The summed E-state index contributed by atoms with van der Waals surface area (Å²) in [6.45, 7) is -0.310. The Hall–Kier alpha value is -1.44. The molecule has 3 N–H and O–H groups in total. The Kier molecular flexibility index (Phi) is 2.56. The zero-order valence-corrected chi connectivity index (χ0v) is 8.37. The molecule has 2 rings (SSSR count). The minimum Gasteiger partial charge on any atom is -0.394 e. The number of aromatic nitrogens is 2. The highest BCUT2D eigenvalue weighted by molar-refractivity contribution is 4.88. The van der Waals surface area contributed by atoms with Gasteiger partial charge in [-0.2, -0.15) is 0 Å². The van der Waals surface area contributed by atoms with Crippen molar-refractivity contribution in [3.8, 4) is 0 Å². The van der Waals surface area contributed by atoms with Crippen LogP contribution in [0.1, 0.15) is 15.6 Å². The number of ether oxygens (including phenoxy) is 1. The predicted molar refractivity (Wildman–Crippen MR) is 55.1 cm³/mol. The Morgan fingerprint density at radius 1 is 1.69 bits per heavy atom. The molecular formula is C9H14N2O5. The maximum Gasteiger partial charge on any atom is 0.330 e. The smallest absolute Gasteiger partial charge is 0.330 e. The lowest BCUT2D eigenvalue weighted by atomic mass is 10.2. The molecule has 1 aliphatic rings. The van der Waals surface area contributed by atoms with Crippen LogP contribution >= 0.6 is 0 Å². The van der Waals surface area contributed by atoms with Crippen molar-refractivity contribution >= 4 is 0 Å². The Morgan fingerprint density at radius 3 is 3.00 bits per heavy atom. The highest BCUT2D eigenvalue weighted by Gasteiger charge is 2.34. The Bertz CT molecular complexity index is 488. The molecule has 90 valence electrons. The van der Waals surface area contributed by atoms with Gasteiger partial charge in [-0.05, 0) is 0 Å². The second-order valence-corrected chi connectivity index (χ2v) is 3.63. The van der Waals surface area contributed by atoms with Gasteiger partial charge in [0.2, 0.25) is 0 Å². The van der Waals surface area contributed by atoms with Gasteiger partial charge < -0.3 is 14.9 Å².